The van der Waals surface area contributed by atoms with Gasteiger partial charge in [-0.3, -0.25) is 4.79 Å². The van der Waals surface area contributed by atoms with Crippen molar-refractivity contribution >= 4 is 45.8 Å². The maximum absolute atomic E-state index is 12.5. The summed E-state index contributed by atoms with van der Waals surface area (Å²) in [4.78, 5) is 16.0. The van der Waals surface area contributed by atoms with Gasteiger partial charge in [0.05, 0.1) is 5.57 Å². The number of anilines is 1. The molecule has 0 atom stereocenters. The van der Waals surface area contributed by atoms with Gasteiger partial charge in [-0.05, 0) is 97.0 Å². The van der Waals surface area contributed by atoms with Gasteiger partial charge in [-0.2, -0.15) is 0 Å². The number of aromatic nitrogens is 1. The number of carbonyl (C=O) groups is 1. The third-order valence-corrected chi connectivity index (χ3v) is 6.23. The summed E-state index contributed by atoms with van der Waals surface area (Å²) in [7, 11) is 0. The highest BCUT2D eigenvalue weighted by atomic mass is 127. The number of rotatable bonds is 1. The predicted molar refractivity (Wildman–Crippen MR) is 103 cm³/mol. The largest absolute Gasteiger partial charge is 0.358 e. The molecule has 0 saturated carbocycles. The first-order chi connectivity index (χ1) is 11.1. The smallest absolute Gasteiger partial charge is 0.256 e. The first kappa shape index (κ1) is 15.0. The summed E-state index contributed by atoms with van der Waals surface area (Å²) >= 11 is 2.33. The summed E-state index contributed by atoms with van der Waals surface area (Å²) in [6.45, 7) is 4.25. The quantitative estimate of drug-likeness (QED) is 0.516. The SMILES string of the molecule is Cc1c(C=C2C(=O)Nc3ccc(I)c(C)c32)[nH]c2c1CCCC2. The van der Waals surface area contributed by atoms with Crippen LogP contribution in [-0.4, -0.2) is 10.9 Å². The predicted octanol–water partition coefficient (Wildman–Crippen LogP) is 4.61. The third-order valence-electron chi connectivity index (χ3n) is 5.06. The van der Waals surface area contributed by atoms with E-state index in [2.05, 4.69) is 52.8 Å². The molecule has 3 nitrogen and oxygen atoms in total. The average molecular weight is 418 g/mol. The minimum atomic E-state index is -0.00271. The molecule has 0 fully saturated rings. The van der Waals surface area contributed by atoms with Crippen LogP contribution >= 0.6 is 22.6 Å². The molecule has 1 aliphatic carbocycles. The van der Waals surface area contributed by atoms with Crippen molar-refractivity contribution in [1.82, 2.24) is 4.98 Å². The Balaban J connectivity index is 1.86. The molecule has 0 radical (unpaired) electrons. The Hall–Kier alpha value is -1.56. The molecule has 0 unspecified atom stereocenters. The highest BCUT2D eigenvalue weighted by Gasteiger charge is 2.27. The molecule has 1 aromatic carbocycles. The number of hydrogen-bond donors (Lipinski definition) is 2. The monoisotopic (exact) mass is 418 g/mol. The van der Waals surface area contributed by atoms with E-state index < -0.39 is 0 Å². The fraction of sp³-hybridized carbons (Fsp3) is 0.316. The number of aromatic amines is 1. The molecule has 0 saturated heterocycles. The molecular formula is C19H19IN2O. The fourth-order valence-electron chi connectivity index (χ4n) is 3.74. The van der Waals surface area contributed by atoms with E-state index in [1.165, 1.54) is 38.8 Å². The van der Waals surface area contributed by atoms with Gasteiger partial charge in [0.25, 0.3) is 5.91 Å². The number of amides is 1. The average Bonchev–Trinajstić information content (AvgIpc) is 3.03. The minimum absolute atomic E-state index is 0.00271. The van der Waals surface area contributed by atoms with Gasteiger partial charge in [-0.15, -0.1) is 0 Å². The number of benzene rings is 1. The molecule has 0 bridgehead atoms. The lowest BCUT2D eigenvalue weighted by atomic mass is 9.94. The minimum Gasteiger partial charge on any atom is -0.358 e. The Labute approximate surface area is 149 Å². The van der Waals surface area contributed by atoms with Crippen molar-refractivity contribution in [3.63, 3.8) is 0 Å². The van der Waals surface area contributed by atoms with Crippen molar-refractivity contribution in [2.45, 2.75) is 39.5 Å². The first-order valence-electron chi connectivity index (χ1n) is 8.09. The number of hydrogen-bond acceptors (Lipinski definition) is 1. The highest BCUT2D eigenvalue weighted by Crippen LogP contribution is 2.38. The zero-order valence-electron chi connectivity index (χ0n) is 13.3. The van der Waals surface area contributed by atoms with Crippen LogP contribution < -0.4 is 5.32 Å². The molecule has 1 amide bonds. The van der Waals surface area contributed by atoms with Gasteiger partial charge >= 0.3 is 0 Å². The van der Waals surface area contributed by atoms with E-state index in [0.29, 0.717) is 0 Å². The van der Waals surface area contributed by atoms with Crippen LogP contribution in [0.15, 0.2) is 12.1 Å². The number of fused-ring (bicyclic) bond motifs is 2. The number of nitrogens with one attached hydrogen (secondary N) is 2. The highest BCUT2D eigenvalue weighted by molar-refractivity contribution is 14.1. The van der Waals surface area contributed by atoms with Crippen LogP contribution in [0.5, 0.6) is 0 Å². The summed E-state index contributed by atoms with van der Waals surface area (Å²) in [5.41, 5.74) is 9.13. The molecule has 23 heavy (non-hydrogen) atoms. The van der Waals surface area contributed by atoms with E-state index in [9.17, 15) is 4.79 Å². The van der Waals surface area contributed by atoms with Crippen molar-refractivity contribution < 1.29 is 4.79 Å². The van der Waals surface area contributed by atoms with Gasteiger partial charge in [-0.1, -0.05) is 0 Å². The lowest BCUT2D eigenvalue weighted by Gasteiger charge is -2.10. The van der Waals surface area contributed by atoms with Crippen LogP contribution in [0.3, 0.4) is 0 Å². The molecule has 0 spiro atoms. The number of halogens is 1. The lowest BCUT2D eigenvalue weighted by Crippen LogP contribution is -2.03. The molecule has 4 rings (SSSR count). The lowest BCUT2D eigenvalue weighted by molar-refractivity contribution is -0.110. The molecule has 1 aromatic heterocycles. The van der Waals surface area contributed by atoms with Crippen LogP contribution in [0.25, 0.3) is 11.6 Å². The molecule has 2 heterocycles. The summed E-state index contributed by atoms with van der Waals surface area (Å²) < 4.78 is 1.19. The summed E-state index contributed by atoms with van der Waals surface area (Å²) in [6.07, 6.45) is 6.84. The Morgan fingerprint density at radius 1 is 1.13 bits per heavy atom. The second-order valence-electron chi connectivity index (χ2n) is 6.43. The first-order valence-corrected chi connectivity index (χ1v) is 9.17. The van der Waals surface area contributed by atoms with Gasteiger partial charge in [0.2, 0.25) is 0 Å². The zero-order valence-corrected chi connectivity index (χ0v) is 15.5. The normalized spacial score (nSPS) is 18.0. The standard InChI is InChI=1S/C19H19IN2O/c1-10-12-5-3-4-6-15(12)21-17(10)9-13-18-11(2)14(20)7-8-16(18)22-19(13)23/h7-9,21H,3-6H2,1-2H3,(H,22,23). The van der Waals surface area contributed by atoms with Crippen molar-refractivity contribution in [2.75, 3.05) is 5.32 Å². The van der Waals surface area contributed by atoms with Gasteiger partial charge in [0, 0.05) is 26.2 Å². The zero-order chi connectivity index (χ0) is 16.1. The van der Waals surface area contributed by atoms with E-state index in [1.54, 1.807) is 0 Å². The van der Waals surface area contributed by atoms with Gasteiger partial charge < -0.3 is 10.3 Å². The second kappa shape index (κ2) is 5.51. The number of aryl methyl sites for hydroxylation is 1. The summed E-state index contributed by atoms with van der Waals surface area (Å²) in [5.74, 6) is -0.00271. The van der Waals surface area contributed by atoms with Crippen molar-refractivity contribution in [2.24, 2.45) is 0 Å². The number of carbonyl (C=O) groups excluding carboxylic acids is 1. The van der Waals surface area contributed by atoms with Crippen LogP contribution in [0, 0.1) is 17.4 Å². The Kier molecular flexibility index (Phi) is 3.59. The molecule has 2 aromatic rings. The Morgan fingerprint density at radius 2 is 1.91 bits per heavy atom. The maximum Gasteiger partial charge on any atom is 0.256 e. The molecule has 4 heteroatoms. The van der Waals surface area contributed by atoms with Crippen LogP contribution in [0.2, 0.25) is 0 Å². The fourth-order valence-corrected chi connectivity index (χ4v) is 4.19. The van der Waals surface area contributed by atoms with Crippen LogP contribution in [0.4, 0.5) is 5.69 Å². The molecule has 2 aliphatic rings. The van der Waals surface area contributed by atoms with E-state index in [-0.39, 0.29) is 5.91 Å². The van der Waals surface area contributed by atoms with Gasteiger partial charge in [0.1, 0.15) is 0 Å². The molecule has 118 valence electrons. The van der Waals surface area contributed by atoms with E-state index in [1.807, 2.05) is 12.1 Å². The summed E-state index contributed by atoms with van der Waals surface area (Å²) in [5, 5.41) is 2.99. The Morgan fingerprint density at radius 3 is 2.70 bits per heavy atom. The van der Waals surface area contributed by atoms with Crippen molar-refractivity contribution in [3.05, 3.63) is 49.3 Å². The number of H-pyrrole nitrogens is 1. The van der Waals surface area contributed by atoms with E-state index >= 15 is 0 Å². The molecular weight excluding hydrogens is 399 g/mol. The third kappa shape index (κ3) is 2.35. The topological polar surface area (TPSA) is 44.9 Å². The van der Waals surface area contributed by atoms with Gasteiger partial charge in [-0.25, -0.2) is 0 Å². The molecule has 1 aliphatic heterocycles. The maximum atomic E-state index is 12.5. The summed E-state index contributed by atoms with van der Waals surface area (Å²) in [6, 6.07) is 4.05. The Bertz CT molecular complexity index is 861. The van der Waals surface area contributed by atoms with Gasteiger partial charge in [0.15, 0.2) is 0 Å². The van der Waals surface area contributed by atoms with Crippen molar-refractivity contribution in [1.29, 1.82) is 0 Å². The van der Waals surface area contributed by atoms with E-state index in [0.717, 1.165) is 35.4 Å². The van der Waals surface area contributed by atoms with Crippen LogP contribution in [0.1, 0.15) is 46.5 Å². The second-order valence-corrected chi connectivity index (χ2v) is 7.60. The molecule has 2 N–H and O–H groups in total. The van der Waals surface area contributed by atoms with E-state index in [4.69, 9.17) is 0 Å². The van der Waals surface area contributed by atoms with Crippen LogP contribution in [-0.2, 0) is 17.6 Å². The van der Waals surface area contributed by atoms with Crippen molar-refractivity contribution in [3.8, 4) is 0 Å².